The zero-order valence-electron chi connectivity index (χ0n) is 14.2. The third-order valence-corrected chi connectivity index (χ3v) is 6.12. The van der Waals surface area contributed by atoms with Crippen LogP contribution in [0.4, 0.5) is 0 Å². The highest BCUT2D eigenvalue weighted by atomic mass is 79.9. The Hall–Kier alpha value is -1.45. The van der Waals surface area contributed by atoms with Crippen molar-refractivity contribution in [2.45, 2.75) is 37.6 Å². The minimum Gasteiger partial charge on any atom is -0.343 e. The molecule has 9 heteroatoms. The number of nitrogens with one attached hydrogen (secondary N) is 2. The molecule has 0 saturated heterocycles. The van der Waals surface area contributed by atoms with Gasteiger partial charge >= 0.3 is 0 Å². The molecule has 0 atom stereocenters. The zero-order valence-corrected chi connectivity index (χ0v) is 16.6. The summed E-state index contributed by atoms with van der Waals surface area (Å²) < 4.78 is 27.6. The van der Waals surface area contributed by atoms with Gasteiger partial charge in [-0.3, -0.25) is 9.59 Å². The van der Waals surface area contributed by atoms with Crippen LogP contribution in [-0.4, -0.2) is 50.8 Å². The minimum absolute atomic E-state index is 0.0161. The molecule has 2 N–H and O–H groups in total. The van der Waals surface area contributed by atoms with E-state index < -0.39 is 15.9 Å². The van der Waals surface area contributed by atoms with E-state index in [1.165, 1.54) is 18.2 Å². The minimum atomic E-state index is -3.65. The van der Waals surface area contributed by atoms with Gasteiger partial charge in [0.15, 0.2) is 0 Å². The number of carbonyl (C=O) groups excluding carboxylic acids is 2. The largest absolute Gasteiger partial charge is 0.343 e. The molecule has 0 spiro atoms. The monoisotopic (exact) mass is 431 g/mol. The average molecular weight is 432 g/mol. The Morgan fingerprint density at radius 3 is 2.44 bits per heavy atom. The van der Waals surface area contributed by atoms with Crippen LogP contribution in [0.3, 0.4) is 0 Å². The number of hydrogen-bond donors (Lipinski definition) is 2. The number of sulfonamides is 1. The Morgan fingerprint density at radius 1 is 1.24 bits per heavy atom. The maximum atomic E-state index is 12.4. The predicted octanol–water partition coefficient (Wildman–Crippen LogP) is 1.49. The van der Waals surface area contributed by atoms with Gasteiger partial charge in [-0.15, -0.1) is 0 Å². The lowest BCUT2D eigenvalue weighted by Crippen LogP contribution is -2.40. The van der Waals surface area contributed by atoms with E-state index in [4.69, 9.17) is 0 Å². The number of nitrogens with zero attached hydrogens (tertiary/aromatic N) is 1. The molecule has 0 heterocycles. The second-order valence-corrected chi connectivity index (χ2v) is 8.35. The number of hydrogen-bond acceptors (Lipinski definition) is 4. The van der Waals surface area contributed by atoms with E-state index in [1.807, 2.05) is 13.8 Å². The van der Waals surface area contributed by atoms with Gasteiger partial charge in [0.25, 0.3) is 5.91 Å². The topological polar surface area (TPSA) is 95.6 Å². The SMILES string of the molecule is CCN(CC)C(=O)CNC(=O)c1cc(S(=O)(=O)NC2CC2)ccc1Br. The zero-order chi connectivity index (χ0) is 18.6. The number of halogens is 1. The third-order valence-electron chi connectivity index (χ3n) is 3.91. The van der Waals surface area contributed by atoms with E-state index in [0.717, 1.165) is 12.8 Å². The first-order valence-corrected chi connectivity index (χ1v) is 10.4. The molecule has 0 unspecified atom stereocenters. The maximum absolute atomic E-state index is 12.4. The molecule has 7 nitrogen and oxygen atoms in total. The van der Waals surface area contributed by atoms with Gasteiger partial charge < -0.3 is 10.2 Å². The van der Waals surface area contributed by atoms with Crippen LogP contribution >= 0.6 is 15.9 Å². The summed E-state index contributed by atoms with van der Waals surface area (Å²) in [6, 6.07) is 4.25. The molecule has 1 fully saturated rings. The van der Waals surface area contributed by atoms with Crippen molar-refractivity contribution in [1.29, 1.82) is 0 Å². The molecule has 138 valence electrons. The molecule has 2 amide bonds. The molecule has 1 aromatic carbocycles. The molecule has 0 bridgehead atoms. The molecule has 0 radical (unpaired) electrons. The van der Waals surface area contributed by atoms with E-state index in [0.29, 0.717) is 17.6 Å². The molecule has 1 aliphatic carbocycles. The lowest BCUT2D eigenvalue weighted by molar-refractivity contribution is -0.129. The average Bonchev–Trinajstić information content (AvgIpc) is 3.37. The van der Waals surface area contributed by atoms with Crippen molar-refractivity contribution in [3.63, 3.8) is 0 Å². The maximum Gasteiger partial charge on any atom is 0.252 e. The summed E-state index contributed by atoms with van der Waals surface area (Å²) in [5.74, 6) is -0.690. The Morgan fingerprint density at radius 2 is 1.88 bits per heavy atom. The first-order valence-electron chi connectivity index (χ1n) is 8.16. The molecule has 0 aromatic heterocycles. The van der Waals surface area contributed by atoms with E-state index >= 15 is 0 Å². The fraction of sp³-hybridized carbons (Fsp3) is 0.500. The van der Waals surface area contributed by atoms with Gasteiger partial charge in [-0.2, -0.15) is 0 Å². The van der Waals surface area contributed by atoms with Crippen molar-refractivity contribution in [2.24, 2.45) is 0 Å². The van der Waals surface area contributed by atoms with Crippen molar-refractivity contribution in [3.8, 4) is 0 Å². The van der Waals surface area contributed by atoms with Crippen molar-refractivity contribution in [1.82, 2.24) is 14.9 Å². The van der Waals surface area contributed by atoms with Crippen LogP contribution in [0.2, 0.25) is 0 Å². The Bertz CT molecular complexity index is 759. The van der Waals surface area contributed by atoms with Gasteiger partial charge in [0.05, 0.1) is 17.0 Å². The second kappa shape index (κ2) is 8.29. The predicted molar refractivity (Wildman–Crippen MR) is 97.7 cm³/mol. The van der Waals surface area contributed by atoms with E-state index in [9.17, 15) is 18.0 Å². The van der Waals surface area contributed by atoms with Crippen LogP contribution < -0.4 is 10.0 Å². The summed E-state index contributed by atoms with van der Waals surface area (Å²) in [5, 5.41) is 2.55. The van der Waals surface area contributed by atoms with Gasteiger partial charge in [-0.25, -0.2) is 13.1 Å². The van der Waals surface area contributed by atoms with Crippen LogP contribution in [0.25, 0.3) is 0 Å². The quantitative estimate of drug-likeness (QED) is 0.651. The molecular weight excluding hydrogens is 410 g/mol. The lowest BCUT2D eigenvalue weighted by Gasteiger charge is -2.18. The lowest BCUT2D eigenvalue weighted by atomic mass is 10.2. The summed E-state index contributed by atoms with van der Waals surface area (Å²) in [6.45, 7) is 4.72. The molecule has 1 aliphatic rings. The van der Waals surface area contributed by atoms with Crippen molar-refractivity contribution >= 4 is 37.8 Å². The highest BCUT2D eigenvalue weighted by molar-refractivity contribution is 9.10. The third kappa shape index (κ3) is 5.26. The number of likely N-dealkylation sites (N-methyl/N-ethyl adjacent to an activating group) is 1. The van der Waals surface area contributed by atoms with Crippen molar-refractivity contribution in [2.75, 3.05) is 19.6 Å². The number of carbonyl (C=O) groups is 2. The Labute approximate surface area is 156 Å². The van der Waals surface area contributed by atoms with Gasteiger partial charge in [0.1, 0.15) is 0 Å². The molecule has 1 aromatic rings. The first-order chi connectivity index (χ1) is 11.8. The summed E-state index contributed by atoms with van der Waals surface area (Å²) in [7, 11) is -3.65. The van der Waals surface area contributed by atoms with Gasteiger partial charge in [0.2, 0.25) is 15.9 Å². The van der Waals surface area contributed by atoms with Crippen LogP contribution in [0, 0.1) is 0 Å². The van der Waals surface area contributed by atoms with Gasteiger partial charge in [-0.1, -0.05) is 0 Å². The standard InChI is InChI=1S/C16H22BrN3O4S/c1-3-20(4-2)15(21)10-18-16(22)13-9-12(7-8-14(13)17)25(23,24)19-11-5-6-11/h7-9,11,19H,3-6,10H2,1-2H3,(H,18,22). The summed E-state index contributed by atoms with van der Waals surface area (Å²) in [4.78, 5) is 26.0. The fourth-order valence-electron chi connectivity index (χ4n) is 2.27. The highest BCUT2D eigenvalue weighted by Crippen LogP contribution is 2.25. The molecular formula is C16H22BrN3O4S. The van der Waals surface area contributed by atoms with Gasteiger partial charge in [-0.05, 0) is 60.8 Å². The van der Waals surface area contributed by atoms with Crippen LogP contribution in [0.1, 0.15) is 37.0 Å². The number of rotatable bonds is 8. The van der Waals surface area contributed by atoms with E-state index in [1.54, 1.807) is 4.90 Å². The molecule has 2 rings (SSSR count). The number of benzene rings is 1. The second-order valence-electron chi connectivity index (χ2n) is 5.79. The smallest absolute Gasteiger partial charge is 0.252 e. The molecule has 1 saturated carbocycles. The highest BCUT2D eigenvalue weighted by Gasteiger charge is 2.28. The Balaban J connectivity index is 2.11. The first kappa shape index (κ1) is 19.9. The summed E-state index contributed by atoms with van der Waals surface area (Å²) in [5.41, 5.74) is 0.172. The summed E-state index contributed by atoms with van der Waals surface area (Å²) >= 11 is 3.25. The summed E-state index contributed by atoms with van der Waals surface area (Å²) in [6.07, 6.45) is 1.66. The van der Waals surface area contributed by atoms with Gasteiger partial charge in [0, 0.05) is 23.6 Å². The Kier molecular flexibility index (Phi) is 6.59. The number of amides is 2. The van der Waals surface area contributed by atoms with Crippen LogP contribution in [-0.2, 0) is 14.8 Å². The van der Waals surface area contributed by atoms with E-state index in [2.05, 4.69) is 26.0 Å². The van der Waals surface area contributed by atoms with E-state index in [-0.39, 0.29) is 29.0 Å². The fourth-order valence-corrected chi connectivity index (χ4v) is 4.03. The van der Waals surface area contributed by atoms with Crippen molar-refractivity contribution < 1.29 is 18.0 Å². The van der Waals surface area contributed by atoms with Crippen LogP contribution in [0.5, 0.6) is 0 Å². The molecule has 0 aliphatic heterocycles. The van der Waals surface area contributed by atoms with Crippen molar-refractivity contribution in [3.05, 3.63) is 28.2 Å². The normalized spacial score (nSPS) is 14.2. The van der Waals surface area contributed by atoms with Crippen LogP contribution in [0.15, 0.2) is 27.6 Å². The molecule has 25 heavy (non-hydrogen) atoms.